The molecular formula is C14H19NO2. The highest BCUT2D eigenvalue weighted by atomic mass is 16.3. The molecule has 92 valence electrons. The Balaban J connectivity index is 2.32. The number of aliphatic hydroxyl groups is 1. The van der Waals surface area contributed by atoms with Gasteiger partial charge in [-0.2, -0.15) is 0 Å². The van der Waals surface area contributed by atoms with Crippen LogP contribution in [-0.4, -0.2) is 24.0 Å². The van der Waals surface area contributed by atoms with E-state index in [0.717, 1.165) is 24.8 Å². The second-order valence-corrected chi connectivity index (χ2v) is 4.55. The van der Waals surface area contributed by atoms with Crippen molar-refractivity contribution in [3.63, 3.8) is 0 Å². The number of carbonyl (C=O) groups excluding carboxylic acids is 1. The summed E-state index contributed by atoms with van der Waals surface area (Å²) in [5.74, 6) is 0.253. The van der Waals surface area contributed by atoms with Gasteiger partial charge in [0.2, 0.25) is 0 Å². The van der Waals surface area contributed by atoms with Gasteiger partial charge in [-0.25, -0.2) is 0 Å². The number of hydrogen-bond donors (Lipinski definition) is 2. The Bertz CT molecular complexity index is 377. The van der Waals surface area contributed by atoms with E-state index >= 15 is 0 Å². The number of rotatable bonds is 4. The molecule has 1 aromatic rings. The van der Waals surface area contributed by atoms with E-state index in [1.165, 1.54) is 0 Å². The third kappa shape index (κ3) is 2.40. The highest BCUT2D eigenvalue weighted by molar-refractivity contribution is 5.90. The molecule has 2 N–H and O–H groups in total. The molecule has 0 aliphatic heterocycles. The van der Waals surface area contributed by atoms with Crippen LogP contribution >= 0.6 is 0 Å². The number of ketones is 1. The van der Waals surface area contributed by atoms with Crippen LogP contribution < -0.4 is 5.32 Å². The summed E-state index contributed by atoms with van der Waals surface area (Å²) >= 11 is 0. The minimum Gasteiger partial charge on any atom is -0.395 e. The van der Waals surface area contributed by atoms with Crippen molar-refractivity contribution in [2.75, 3.05) is 13.2 Å². The first-order valence-corrected chi connectivity index (χ1v) is 6.24. The topological polar surface area (TPSA) is 49.3 Å². The minimum absolute atomic E-state index is 0.0574. The summed E-state index contributed by atoms with van der Waals surface area (Å²) in [5.41, 5.74) is 0.459. The molecule has 0 bridgehead atoms. The summed E-state index contributed by atoms with van der Waals surface area (Å²) in [5, 5.41) is 12.2. The molecule has 0 spiro atoms. The van der Waals surface area contributed by atoms with Gasteiger partial charge in [0.25, 0.3) is 0 Å². The number of benzene rings is 1. The van der Waals surface area contributed by atoms with E-state index in [9.17, 15) is 4.79 Å². The predicted octanol–water partition coefficient (Wildman–Crippen LogP) is 1.61. The first kappa shape index (κ1) is 12.3. The Morgan fingerprint density at radius 2 is 2.00 bits per heavy atom. The van der Waals surface area contributed by atoms with Crippen molar-refractivity contribution in [1.29, 1.82) is 0 Å². The summed E-state index contributed by atoms with van der Waals surface area (Å²) in [7, 11) is 0. The third-order valence-electron chi connectivity index (χ3n) is 3.49. The van der Waals surface area contributed by atoms with Crippen molar-refractivity contribution in [2.24, 2.45) is 0 Å². The van der Waals surface area contributed by atoms with Crippen LogP contribution in [0.1, 0.15) is 31.2 Å². The zero-order valence-electron chi connectivity index (χ0n) is 9.98. The van der Waals surface area contributed by atoms with Gasteiger partial charge >= 0.3 is 0 Å². The molecule has 1 fully saturated rings. The number of hydrogen-bond acceptors (Lipinski definition) is 3. The SMILES string of the molecule is O=C1CCCC[C@]1(NCCO)c1ccccc1. The lowest BCUT2D eigenvalue weighted by atomic mass is 9.75. The molecule has 3 nitrogen and oxygen atoms in total. The molecular weight excluding hydrogens is 214 g/mol. The molecule has 17 heavy (non-hydrogen) atoms. The maximum Gasteiger partial charge on any atom is 0.157 e. The van der Waals surface area contributed by atoms with Crippen molar-refractivity contribution >= 4 is 5.78 Å². The van der Waals surface area contributed by atoms with Gasteiger partial charge in [-0.05, 0) is 18.4 Å². The zero-order valence-corrected chi connectivity index (χ0v) is 9.98. The lowest BCUT2D eigenvalue weighted by molar-refractivity contribution is -0.128. The average molecular weight is 233 g/mol. The summed E-state index contributed by atoms with van der Waals surface area (Å²) in [6.45, 7) is 0.516. The molecule has 0 saturated heterocycles. The summed E-state index contributed by atoms with van der Waals surface area (Å²) in [6.07, 6.45) is 3.50. The molecule has 2 rings (SSSR count). The van der Waals surface area contributed by atoms with Crippen molar-refractivity contribution in [3.8, 4) is 0 Å². The third-order valence-corrected chi connectivity index (χ3v) is 3.49. The Morgan fingerprint density at radius 1 is 1.24 bits per heavy atom. The van der Waals surface area contributed by atoms with E-state index in [1.54, 1.807) is 0 Å². The minimum atomic E-state index is -0.567. The zero-order chi connectivity index (χ0) is 12.1. The van der Waals surface area contributed by atoms with Crippen LogP contribution in [0.2, 0.25) is 0 Å². The molecule has 0 amide bonds. The van der Waals surface area contributed by atoms with Crippen molar-refractivity contribution in [1.82, 2.24) is 5.32 Å². The van der Waals surface area contributed by atoms with E-state index in [1.807, 2.05) is 30.3 Å². The van der Waals surface area contributed by atoms with Crippen LogP contribution in [-0.2, 0) is 10.3 Å². The molecule has 1 aromatic carbocycles. The monoisotopic (exact) mass is 233 g/mol. The van der Waals surface area contributed by atoms with Gasteiger partial charge in [0, 0.05) is 13.0 Å². The van der Waals surface area contributed by atoms with Crippen molar-refractivity contribution in [2.45, 2.75) is 31.2 Å². The van der Waals surface area contributed by atoms with E-state index in [4.69, 9.17) is 5.11 Å². The number of carbonyl (C=O) groups is 1. The van der Waals surface area contributed by atoms with Crippen LogP contribution in [0.4, 0.5) is 0 Å². The van der Waals surface area contributed by atoms with E-state index in [0.29, 0.717) is 13.0 Å². The second kappa shape index (κ2) is 5.43. The Hall–Kier alpha value is -1.19. The molecule has 0 unspecified atom stereocenters. The first-order chi connectivity index (χ1) is 8.29. The lowest BCUT2D eigenvalue weighted by Gasteiger charge is -2.37. The number of Topliss-reactive ketones (excluding diaryl/α,β-unsaturated/α-hetero) is 1. The number of nitrogens with one attached hydrogen (secondary N) is 1. The molecule has 0 radical (unpaired) electrons. The van der Waals surface area contributed by atoms with Crippen LogP contribution in [0.3, 0.4) is 0 Å². The fourth-order valence-corrected chi connectivity index (χ4v) is 2.61. The molecule has 1 saturated carbocycles. The van der Waals surface area contributed by atoms with Gasteiger partial charge in [0.1, 0.15) is 5.54 Å². The quantitative estimate of drug-likeness (QED) is 0.830. The Labute approximate surface area is 102 Å². The maximum absolute atomic E-state index is 12.3. The van der Waals surface area contributed by atoms with E-state index in [2.05, 4.69) is 5.32 Å². The fraction of sp³-hybridized carbons (Fsp3) is 0.500. The summed E-state index contributed by atoms with van der Waals surface area (Å²) in [6, 6.07) is 9.86. The highest BCUT2D eigenvalue weighted by Gasteiger charge is 2.40. The van der Waals surface area contributed by atoms with Crippen molar-refractivity contribution in [3.05, 3.63) is 35.9 Å². The number of aliphatic hydroxyl groups excluding tert-OH is 1. The lowest BCUT2D eigenvalue weighted by Crippen LogP contribution is -2.51. The van der Waals surface area contributed by atoms with Crippen LogP contribution in [0.5, 0.6) is 0 Å². The summed E-state index contributed by atoms with van der Waals surface area (Å²) in [4.78, 5) is 12.3. The molecule has 1 aliphatic rings. The maximum atomic E-state index is 12.3. The van der Waals surface area contributed by atoms with E-state index < -0.39 is 5.54 Å². The summed E-state index contributed by atoms with van der Waals surface area (Å²) < 4.78 is 0. The van der Waals surface area contributed by atoms with Gasteiger partial charge in [-0.3, -0.25) is 10.1 Å². The van der Waals surface area contributed by atoms with E-state index in [-0.39, 0.29) is 12.4 Å². The standard InChI is InChI=1S/C14H19NO2/c16-11-10-15-14(9-5-4-8-13(14)17)12-6-2-1-3-7-12/h1-3,6-7,15-16H,4-5,8-11H2/t14-/m0/s1. The normalized spacial score (nSPS) is 24.9. The smallest absolute Gasteiger partial charge is 0.157 e. The largest absolute Gasteiger partial charge is 0.395 e. The molecule has 0 heterocycles. The average Bonchev–Trinajstić information content (AvgIpc) is 2.39. The van der Waals surface area contributed by atoms with Gasteiger partial charge in [0.15, 0.2) is 5.78 Å². The predicted molar refractivity (Wildman–Crippen MR) is 66.7 cm³/mol. The fourth-order valence-electron chi connectivity index (χ4n) is 2.61. The highest BCUT2D eigenvalue weighted by Crippen LogP contribution is 2.34. The van der Waals surface area contributed by atoms with Crippen LogP contribution in [0.25, 0.3) is 0 Å². The van der Waals surface area contributed by atoms with Gasteiger partial charge in [-0.1, -0.05) is 36.8 Å². The Morgan fingerprint density at radius 3 is 2.65 bits per heavy atom. The second-order valence-electron chi connectivity index (χ2n) is 4.55. The van der Waals surface area contributed by atoms with Gasteiger partial charge in [-0.15, -0.1) is 0 Å². The molecule has 1 aliphatic carbocycles. The van der Waals surface area contributed by atoms with Crippen LogP contribution in [0.15, 0.2) is 30.3 Å². The van der Waals surface area contributed by atoms with Gasteiger partial charge < -0.3 is 5.11 Å². The van der Waals surface area contributed by atoms with Crippen LogP contribution in [0, 0.1) is 0 Å². The van der Waals surface area contributed by atoms with Gasteiger partial charge in [0.05, 0.1) is 6.61 Å². The first-order valence-electron chi connectivity index (χ1n) is 6.24. The molecule has 0 aromatic heterocycles. The Kier molecular flexibility index (Phi) is 3.92. The van der Waals surface area contributed by atoms with Crippen molar-refractivity contribution < 1.29 is 9.90 Å². The molecule has 3 heteroatoms. The molecule has 1 atom stereocenters.